The number of benzene rings is 3. The summed E-state index contributed by atoms with van der Waals surface area (Å²) in [6.45, 7) is 0. The van der Waals surface area contributed by atoms with E-state index in [0.717, 1.165) is 18.2 Å². The minimum atomic E-state index is -4.82. The Morgan fingerprint density at radius 1 is 0.879 bits per heavy atom. The maximum absolute atomic E-state index is 14.2. The molecule has 1 heterocycles. The molecule has 170 valence electrons. The number of rotatable bonds is 4. The molecular formula is C23H16Cl2F3N3O2. The summed E-state index contributed by atoms with van der Waals surface area (Å²) in [5, 5.41) is 5.40. The van der Waals surface area contributed by atoms with E-state index < -0.39 is 17.8 Å². The number of hydrogen-bond donors (Lipinski definition) is 3. The van der Waals surface area contributed by atoms with Crippen molar-refractivity contribution in [2.45, 2.75) is 11.8 Å². The van der Waals surface area contributed by atoms with Gasteiger partial charge in [0.1, 0.15) is 0 Å². The van der Waals surface area contributed by atoms with Crippen LogP contribution in [-0.4, -0.2) is 12.2 Å². The molecule has 1 aliphatic heterocycles. The molecule has 3 aromatic rings. The van der Waals surface area contributed by atoms with E-state index in [4.69, 9.17) is 28.0 Å². The number of amides is 2. The fraction of sp³-hybridized carbons (Fsp3) is 0.0870. The van der Waals surface area contributed by atoms with Crippen molar-refractivity contribution in [2.24, 2.45) is 0 Å². The lowest BCUT2D eigenvalue weighted by Crippen LogP contribution is -2.42. The number of alkyl halides is 3. The summed E-state index contributed by atoms with van der Waals surface area (Å²) in [7, 11) is 0. The highest BCUT2D eigenvalue weighted by molar-refractivity contribution is 6.34. The van der Waals surface area contributed by atoms with E-state index in [1.807, 2.05) is 6.07 Å². The van der Waals surface area contributed by atoms with E-state index in [0.29, 0.717) is 16.9 Å². The van der Waals surface area contributed by atoms with Gasteiger partial charge >= 0.3 is 12.2 Å². The summed E-state index contributed by atoms with van der Waals surface area (Å²) >= 11 is 11.9. The van der Waals surface area contributed by atoms with Gasteiger partial charge < -0.3 is 10.6 Å². The lowest BCUT2D eigenvalue weighted by atomic mass is 9.91. The zero-order valence-electron chi connectivity index (χ0n) is 16.7. The molecule has 0 bridgehead atoms. The first-order valence-electron chi connectivity index (χ1n) is 9.60. The number of carbonyl (C=O) groups excluding carboxylic acids is 1. The third-order valence-corrected chi connectivity index (χ3v) is 5.28. The molecule has 0 aliphatic carbocycles. The van der Waals surface area contributed by atoms with E-state index in [1.54, 1.807) is 42.5 Å². The Balaban J connectivity index is 1.62. The van der Waals surface area contributed by atoms with Gasteiger partial charge in [-0.3, -0.25) is 10.3 Å². The third kappa shape index (κ3) is 4.93. The molecule has 2 amide bonds. The van der Waals surface area contributed by atoms with Gasteiger partial charge in [0, 0.05) is 32.5 Å². The number of hydroxylamine groups is 1. The lowest BCUT2D eigenvalue weighted by molar-refractivity contribution is -0.269. The molecule has 1 aliphatic rings. The van der Waals surface area contributed by atoms with Crippen molar-refractivity contribution in [1.82, 2.24) is 5.48 Å². The molecule has 5 nitrogen and oxygen atoms in total. The molecule has 0 saturated carbocycles. The highest BCUT2D eigenvalue weighted by atomic mass is 35.5. The number of hydrogen-bond acceptors (Lipinski definition) is 3. The second-order valence-electron chi connectivity index (χ2n) is 7.18. The molecule has 3 N–H and O–H groups in total. The van der Waals surface area contributed by atoms with Crippen molar-refractivity contribution in [3.63, 3.8) is 0 Å². The molecule has 4 rings (SSSR count). The van der Waals surface area contributed by atoms with Gasteiger partial charge in [0.05, 0.1) is 5.70 Å². The molecule has 1 atom stereocenters. The molecule has 0 saturated heterocycles. The smallest absolute Gasteiger partial charge is 0.308 e. The van der Waals surface area contributed by atoms with Crippen molar-refractivity contribution in [3.8, 4) is 0 Å². The van der Waals surface area contributed by atoms with Gasteiger partial charge in [0.15, 0.2) is 0 Å². The van der Waals surface area contributed by atoms with Gasteiger partial charge in [-0.15, -0.1) is 0 Å². The van der Waals surface area contributed by atoms with E-state index in [9.17, 15) is 18.0 Å². The molecule has 0 aromatic heterocycles. The number of para-hydroxylation sites is 1. The Morgan fingerprint density at radius 3 is 2.18 bits per heavy atom. The number of nitrogens with one attached hydrogen (secondary N) is 3. The van der Waals surface area contributed by atoms with Crippen LogP contribution in [0.25, 0.3) is 5.70 Å². The molecule has 3 aromatic carbocycles. The number of urea groups is 1. The average Bonchev–Trinajstić information content (AvgIpc) is 3.21. The van der Waals surface area contributed by atoms with Crippen LogP contribution >= 0.6 is 23.2 Å². The second-order valence-corrected chi connectivity index (χ2v) is 8.05. The Morgan fingerprint density at radius 2 is 1.52 bits per heavy atom. The van der Waals surface area contributed by atoms with Crippen LogP contribution in [0, 0.1) is 0 Å². The summed E-state index contributed by atoms with van der Waals surface area (Å²) in [4.78, 5) is 17.3. The van der Waals surface area contributed by atoms with Gasteiger partial charge in [0.2, 0.25) is 5.60 Å². The minimum absolute atomic E-state index is 0.0437. The van der Waals surface area contributed by atoms with Crippen molar-refractivity contribution in [2.75, 3.05) is 10.6 Å². The van der Waals surface area contributed by atoms with Crippen molar-refractivity contribution >= 4 is 46.3 Å². The van der Waals surface area contributed by atoms with Crippen LogP contribution < -0.4 is 16.1 Å². The quantitative estimate of drug-likeness (QED) is 0.367. The van der Waals surface area contributed by atoms with Crippen LogP contribution in [0.5, 0.6) is 0 Å². The predicted octanol–water partition coefficient (Wildman–Crippen LogP) is 6.97. The number of carbonyl (C=O) groups is 1. The van der Waals surface area contributed by atoms with E-state index in [1.165, 1.54) is 12.1 Å². The van der Waals surface area contributed by atoms with E-state index >= 15 is 0 Å². The summed E-state index contributed by atoms with van der Waals surface area (Å²) in [6, 6.07) is 18.2. The van der Waals surface area contributed by atoms with Gasteiger partial charge in [-0.25, -0.2) is 4.79 Å². The zero-order chi connectivity index (χ0) is 23.6. The number of halogens is 5. The predicted molar refractivity (Wildman–Crippen MR) is 122 cm³/mol. The fourth-order valence-electron chi connectivity index (χ4n) is 3.33. The van der Waals surface area contributed by atoms with Crippen LogP contribution in [-0.2, 0) is 10.4 Å². The number of anilines is 2. The Labute approximate surface area is 197 Å². The Hall–Kier alpha value is -3.20. The lowest BCUT2D eigenvalue weighted by Gasteiger charge is -2.28. The highest BCUT2D eigenvalue weighted by Crippen LogP contribution is 2.48. The first kappa shape index (κ1) is 23.0. The highest BCUT2D eigenvalue weighted by Gasteiger charge is 2.59. The van der Waals surface area contributed by atoms with Crippen molar-refractivity contribution in [1.29, 1.82) is 0 Å². The molecular weight excluding hydrogens is 478 g/mol. The fourth-order valence-corrected chi connectivity index (χ4v) is 3.86. The van der Waals surface area contributed by atoms with Crippen molar-refractivity contribution in [3.05, 3.63) is 100 Å². The van der Waals surface area contributed by atoms with Crippen molar-refractivity contribution < 1.29 is 22.8 Å². The first-order chi connectivity index (χ1) is 15.7. The molecule has 10 heteroatoms. The van der Waals surface area contributed by atoms with Crippen LogP contribution in [0.2, 0.25) is 10.0 Å². The van der Waals surface area contributed by atoms with E-state index in [2.05, 4.69) is 16.1 Å². The molecule has 33 heavy (non-hydrogen) atoms. The topological polar surface area (TPSA) is 62.4 Å². The van der Waals surface area contributed by atoms with Crippen LogP contribution in [0.15, 0.2) is 78.9 Å². The molecule has 0 fully saturated rings. The third-order valence-electron chi connectivity index (χ3n) is 4.85. The van der Waals surface area contributed by atoms with Crippen LogP contribution in [0.3, 0.4) is 0 Å². The first-order valence-corrected chi connectivity index (χ1v) is 10.4. The maximum atomic E-state index is 14.2. The summed E-state index contributed by atoms with van der Waals surface area (Å²) in [5.74, 6) is 0. The zero-order valence-corrected chi connectivity index (χ0v) is 18.2. The average molecular weight is 494 g/mol. The minimum Gasteiger partial charge on any atom is -0.308 e. The molecule has 0 radical (unpaired) electrons. The van der Waals surface area contributed by atoms with Gasteiger partial charge in [-0.1, -0.05) is 53.5 Å². The molecule has 0 spiro atoms. The van der Waals surface area contributed by atoms with Crippen LogP contribution in [0.4, 0.5) is 29.3 Å². The van der Waals surface area contributed by atoms with Gasteiger partial charge in [-0.05, 0) is 48.5 Å². The maximum Gasteiger partial charge on any atom is 0.428 e. The molecule has 1 unspecified atom stereocenters. The van der Waals surface area contributed by atoms with Crippen LogP contribution in [0.1, 0.15) is 11.1 Å². The normalized spacial score (nSPS) is 17.8. The summed E-state index contributed by atoms with van der Waals surface area (Å²) in [5.41, 5.74) is 0.682. The summed E-state index contributed by atoms with van der Waals surface area (Å²) < 4.78 is 42.5. The standard InChI is InChI=1S/C23H16Cl2F3N3O2/c24-16-10-15(11-17(25)12-16)22(23(26,27)28)13-20(31-33-22)14-5-4-8-19(9-14)30-21(32)29-18-6-2-1-3-7-18/h1-13,31H,(H2,29,30,32). The largest absolute Gasteiger partial charge is 0.428 e. The Kier molecular flexibility index (Phi) is 6.25. The van der Waals surface area contributed by atoms with Gasteiger partial charge in [0.25, 0.3) is 0 Å². The Bertz CT molecular complexity index is 1200. The van der Waals surface area contributed by atoms with E-state index in [-0.39, 0.29) is 21.3 Å². The SMILES string of the molecule is O=C(Nc1ccccc1)Nc1cccc(C2=CC(c3cc(Cl)cc(Cl)c3)(C(F)(F)F)ON2)c1. The monoisotopic (exact) mass is 493 g/mol. The second kappa shape index (κ2) is 8.97. The summed E-state index contributed by atoms with van der Waals surface area (Å²) in [6.07, 6.45) is -3.90. The van der Waals surface area contributed by atoms with Gasteiger partial charge in [-0.2, -0.15) is 13.2 Å².